The highest BCUT2D eigenvalue weighted by atomic mass is 32.2. The lowest BCUT2D eigenvalue weighted by Gasteiger charge is -2.39. The summed E-state index contributed by atoms with van der Waals surface area (Å²) in [6.07, 6.45) is 0.368. The third-order valence-corrected chi connectivity index (χ3v) is 12.0. The number of anilines is 1. The van der Waals surface area contributed by atoms with Crippen LogP contribution in [0.3, 0.4) is 0 Å². The van der Waals surface area contributed by atoms with E-state index in [0.717, 1.165) is 47.5 Å². The molecule has 1 unspecified atom stereocenters. The highest BCUT2D eigenvalue weighted by Crippen LogP contribution is 2.40. The molecule has 0 aromatic heterocycles. The Labute approximate surface area is 334 Å². The summed E-state index contributed by atoms with van der Waals surface area (Å²) in [7, 11) is -0.725. The van der Waals surface area contributed by atoms with E-state index < -0.39 is 28.3 Å². The van der Waals surface area contributed by atoms with Gasteiger partial charge in [0, 0.05) is 37.3 Å². The van der Waals surface area contributed by atoms with E-state index in [0.29, 0.717) is 30.0 Å². The number of rotatable bonds is 14. The molecule has 11 nitrogen and oxygen atoms in total. The Balaban J connectivity index is 1.11. The maximum Gasteiger partial charge on any atom is 0.242 e. The first-order valence-electron chi connectivity index (χ1n) is 19.1. The average molecular weight is 792 g/mol. The molecule has 2 aliphatic heterocycles. The summed E-state index contributed by atoms with van der Waals surface area (Å²) >= 11 is 0. The molecule has 0 spiro atoms. The van der Waals surface area contributed by atoms with Crippen LogP contribution in [-0.2, 0) is 50.3 Å². The Hall–Kier alpha value is -5.08. The van der Waals surface area contributed by atoms with Crippen LogP contribution >= 0.6 is 0 Å². The molecule has 0 aliphatic carbocycles. The van der Waals surface area contributed by atoms with Gasteiger partial charge in [-0.1, -0.05) is 84.4 Å². The monoisotopic (exact) mass is 791 g/mol. The van der Waals surface area contributed by atoms with Gasteiger partial charge in [0.15, 0.2) is 17.8 Å². The normalized spacial score (nSPS) is 19.0. The van der Waals surface area contributed by atoms with Gasteiger partial charge < -0.3 is 29.4 Å². The Morgan fingerprint density at radius 1 is 0.842 bits per heavy atom. The maximum atomic E-state index is 14.0. The van der Waals surface area contributed by atoms with Crippen molar-refractivity contribution in [2.45, 2.75) is 68.8 Å². The van der Waals surface area contributed by atoms with Crippen molar-refractivity contribution in [2.24, 2.45) is 0 Å². The van der Waals surface area contributed by atoms with Crippen LogP contribution in [0.15, 0.2) is 120 Å². The lowest BCUT2D eigenvalue weighted by molar-refractivity contribution is -0.253. The SMILES string of the molecule is COc1cc2c(cc1OC)CN(C[C@@H]1C[C@H](c3ccc(CO)cc3)OC(c3cccc(NC(=O)[C@@H](Cc4ccccc4)NS(=O)(=O)c4ccc(C)cc4)c3)O1)CC2. The van der Waals surface area contributed by atoms with Crippen molar-refractivity contribution in [2.75, 3.05) is 32.6 Å². The second-order valence-corrected chi connectivity index (χ2v) is 16.3. The molecular weight excluding hydrogens is 743 g/mol. The molecule has 0 saturated carbocycles. The van der Waals surface area contributed by atoms with Crippen LogP contribution in [0.4, 0.5) is 5.69 Å². The summed E-state index contributed by atoms with van der Waals surface area (Å²) in [6.45, 7) is 4.08. The molecule has 298 valence electrons. The quantitative estimate of drug-likeness (QED) is 0.113. The first-order valence-corrected chi connectivity index (χ1v) is 20.6. The van der Waals surface area contributed by atoms with Gasteiger partial charge in [0.2, 0.25) is 15.9 Å². The number of methoxy groups -OCH3 is 2. The van der Waals surface area contributed by atoms with Crippen molar-refractivity contribution in [1.82, 2.24) is 9.62 Å². The van der Waals surface area contributed by atoms with Crippen LogP contribution < -0.4 is 19.5 Å². The van der Waals surface area contributed by atoms with Crippen molar-refractivity contribution in [1.29, 1.82) is 0 Å². The number of aliphatic hydroxyl groups excluding tert-OH is 1. The molecule has 2 heterocycles. The largest absolute Gasteiger partial charge is 0.493 e. The lowest BCUT2D eigenvalue weighted by atomic mass is 9.97. The van der Waals surface area contributed by atoms with Gasteiger partial charge in [-0.2, -0.15) is 4.72 Å². The first kappa shape index (κ1) is 40.1. The van der Waals surface area contributed by atoms with Gasteiger partial charge in [-0.25, -0.2) is 8.42 Å². The van der Waals surface area contributed by atoms with Gasteiger partial charge in [0.25, 0.3) is 0 Å². The van der Waals surface area contributed by atoms with E-state index in [9.17, 15) is 18.3 Å². The van der Waals surface area contributed by atoms with E-state index >= 15 is 0 Å². The van der Waals surface area contributed by atoms with Gasteiger partial charge in [-0.05, 0) is 84.0 Å². The van der Waals surface area contributed by atoms with Crippen LogP contribution in [0.1, 0.15) is 57.8 Å². The number of nitrogens with zero attached hydrogens (tertiary/aromatic N) is 1. The third-order valence-electron chi connectivity index (χ3n) is 10.5. The molecule has 1 fully saturated rings. The molecule has 1 saturated heterocycles. The minimum atomic E-state index is -4.02. The van der Waals surface area contributed by atoms with Gasteiger partial charge in [-0.15, -0.1) is 0 Å². The van der Waals surface area contributed by atoms with E-state index in [2.05, 4.69) is 27.1 Å². The molecule has 5 aromatic carbocycles. The van der Waals surface area contributed by atoms with E-state index in [1.54, 1.807) is 32.4 Å². The number of amides is 1. The molecule has 57 heavy (non-hydrogen) atoms. The van der Waals surface area contributed by atoms with Crippen LogP contribution in [0, 0.1) is 6.92 Å². The predicted octanol–water partition coefficient (Wildman–Crippen LogP) is 6.64. The second kappa shape index (κ2) is 18.0. The van der Waals surface area contributed by atoms with Gasteiger partial charge >= 0.3 is 0 Å². The molecule has 0 radical (unpaired) electrons. The molecular formula is C45H49N3O8S. The van der Waals surface area contributed by atoms with Crippen LogP contribution in [0.2, 0.25) is 0 Å². The van der Waals surface area contributed by atoms with Gasteiger partial charge in [0.05, 0.1) is 37.9 Å². The highest BCUT2D eigenvalue weighted by molar-refractivity contribution is 7.89. The minimum Gasteiger partial charge on any atom is -0.493 e. The number of benzene rings is 5. The number of fused-ring (bicyclic) bond motifs is 1. The zero-order chi connectivity index (χ0) is 39.9. The average Bonchev–Trinajstić information content (AvgIpc) is 3.23. The van der Waals surface area contributed by atoms with Crippen molar-refractivity contribution in [3.05, 3.63) is 154 Å². The highest BCUT2D eigenvalue weighted by Gasteiger charge is 2.34. The first-order chi connectivity index (χ1) is 27.6. The predicted molar refractivity (Wildman–Crippen MR) is 217 cm³/mol. The Morgan fingerprint density at radius 2 is 1.56 bits per heavy atom. The smallest absolute Gasteiger partial charge is 0.242 e. The Kier molecular flexibility index (Phi) is 12.7. The summed E-state index contributed by atoms with van der Waals surface area (Å²) in [5.74, 6) is 0.925. The molecule has 2 aliphatic rings. The molecule has 0 bridgehead atoms. The fourth-order valence-corrected chi connectivity index (χ4v) is 8.62. The number of aliphatic hydroxyl groups is 1. The summed E-state index contributed by atoms with van der Waals surface area (Å²) in [6, 6.07) is 33.9. The zero-order valence-electron chi connectivity index (χ0n) is 32.4. The lowest BCUT2D eigenvalue weighted by Crippen LogP contribution is -2.45. The van der Waals surface area contributed by atoms with Gasteiger partial charge in [-0.3, -0.25) is 9.69 Å². The van der Waals surface area contributed by atoms with E-state index in [1.807, 2.05) is 79.7 Å². The van der Waals surface area contributed by atoms with E-state index in [-0.39, 0.29) is 30.1 Å². The fourth-order valence-electron chi connectivity index (χ4n) is 7.42. The molecule has 1 amide bonds. The third kappa shape index (κ3) is 9.90. The van der Waals surface area contributed by atoms with E-state index in [4.69, 9.17) is 18.9 Å². The van der Waals surface area contributed by atoms with Crippen LogP contribution in [0.5, 0.6) is 11.5 Å². The van der Waals surface area contributed by atoms with E-state index in [1.165, 1.54) is 23.3 Å². The molecule has 12 heteroatoms. The van der Waals surface area contributed by atoms with Crippen LogP contribution in [-0.4, -0.2) is 63.8 Å². The van der Waals surface area contributed by atoms with Crippen molar-refractivity contribution >= 4 is 21.6 Å². The molecule has 5 aromatic rings. The topological polar surface area (TPSA) is 136 Å². The number of hydrogen-bond donors (Lipinski definition) is 3. The van der Waals surface area contributed by atoms with Crippen molar-refractivity contribution in [3.8, 4) is 11.5 Å². The molecule has 3 N–H and O–H groups in total. The number of carbonyl (C=O) groups is 1. The second-order valence-electron chi connectivity index (χ2n) is 14.6. The standard InChI is InChI=1S/C45H49N3O8S/c1-30-12-18-39(19-13-30)57(51,52)47-40(22-31-8-5-4-6-9-31)44(50)46-37-11-7-10-35(23-37)45-55-38(26-41(56-45)33-16-14-32(29-49)15-17-33)28-48-21-20-34-24-42(53-2)43(54-3)25-36(34)27-48/h4-19,23-25,38,40-41,45,47,49H,20-22,26-29H2,1-3H3,(H,46,50)/t38-,40+,41+,45?/m0/s1. The summed E-state index contributed by atoms with van der Waals surface area (Å²) in [5.41, 5.74) is 7.12. The Morgan fingerprint density at radius 3 is 2.26 bits per heavy atom. The zero-order valence-corrected chi connectivity index (χ0v) is 33.2. The van der Waals surface area contributed by atoms with Crippen LogP contribution in [0.25, 0.3) is 0 Å². The summed E-state index contributed by atoms with van der Waals surface area (Å²) < 4.78 is 54.1. The van der Waals surface area contributed by atoms with Crippen molar-refractivity contribution in [3.63, 3.8) is 0 Å². The number of sulfonamides is 1. The Bertz CT molecular complexity index is 2250. The molecule has 4 atom stereocenters. The van der Waals surface area contributed by atoms with Gasteiger partial charge in [0.1, 0.15) is 6.04 Å². The summed E-state index contributed by atoms with van der Waals surface area (Å²) in [5, 5.41) is 12.6. The number of hydrogen-bond acceptors (Lipinski definition) is 9. The molecule has 7 rings (SSSR count). The minimum absolute atomic E-state index is 0.0502. The maximum absolute atomic E-state index is 14.0. The number of ether oxygens (including phenoxy) is 4. The fraction of sp³-hybridized carbons (Fsp3) is 0.311. The number of carbonyl (C=O) groups excluding carboxylic acids is 1. The van der Waals surface area contributed by atoms with Crippen molar-refractivity contribution < 1.29 is 37.3 Å². The number of nitrogens with one attached hydrogen (secondary N) is 2. The number of aryl methyl sites for hydroxylation is 1. The summed E-state index contributed by atoms with van der Waals surface area (Å²) in [4.78, 5) is 16.4.